The first-order valence-corrected chi connectivity index (χ1v) is 5.62. The van der Waals surface area contributed by atoms with Crippen molar-refractivity contribution in [1.29, 1.82) is 0 Å². The first kappa shape index (κ1) is 9.98. The Morgan fingerprint density at radius 1 is 1.31 bits per heavy atom. The van der Waals surface area contributed by atoms with Crippen LogP contribution in [0.4, 0.5) is 0 Å². The van der Waals surface area contributed by atoms with E-state index in [1.54, 1.807) is 13.8 Å². The van der Waals surface area contributed by atoms with Gasteiger partial charge in [0.2, 0.25) is 0 Å². The Balaban J connectivity index is 3.60. The number of pyridine rings is 1. The highest BCUT2D eigenvalue weighted by Gasteiger charge is 2.12. The predicted octanol–water partition coefficient (Wildman–Crippen LogP) is 0.395. The second kappa shape index (κ2) is 2.99. The van der Waals surface area contributed by atoms with Crippen molar-refractivity contribution in [2.75, 3.05) is 6.26 Å². The van der Waals surface area contributed by atoms with Crippen LogP contribution < -0.4 is 5.56 Å². The molecule has 0 radical (unpaired) electrons. The molecule has 0 saturated heterocycles. The van der Waals surface area contributed by atoms with Crippen molar-refractivity contribution in [1.82, 2.24) is 4.98 Å². The van der Waals surface area contributed by atoms with E-state index >= 15 is 0 Å². The first-order chi connectivity index (χ1) is 5.82. The molecule has 0 unspecified atom stereocenters. The number of aryl methyl sites for hydroxylation is 2. The average molecular weight is 201 g/mol. The third kappa shape index (κ3) is 1.98. The molecular weight excluding hydrogens is 190 g/mol. The normalized spacial score (nSPS) is 11.6. The van der Waals surface area contributed by atoms with E-state index < -0.39 is 15.4 Å². The summed E-state index contributed by atoms with van der Waals surface area (Å²) < 4.78 is 22.2. The maximum Gasteiger partial charge on any atom is 0.266 e. The topological polar surface area (TPSA) is 67.0 Å². The van der Waals surface area contributed by atoms with Gasteiger partial charge in [-0.2, -0.15) is 0 Å². The van der Waals surface area contributed by atoms with E-state index in [2.05, 4.69) is 4.98 Å². The molecule has 0 aliphatic heterocycles. The lowest BCUT2D eigenvalue weighted by atomic mass is 10.2. The van der Waals surface area contributed by atoms with Gasteiger partial charge < -0.3 is 4.98 Å². The Morgan fingerprint density at radius 2 is 1.85 bits per heavy atom. The minimum atomic E-state index is -3.42. The van der Waals surface area contributed by atoms with E-state index in [9.17, 15) is 13.2 Å². The molecule has 1 rings (SSSR count). The second-order valence-corrected chi connectivity index (χ2v) is 5.03. The third-order valence-electron chi connectivity index (χ3n) is 1.86. The summed E-state index contributed by atoms with van der Waals surface area (Å²) in [6.07, 6.45) is 1.02. The predicted molar refractivity (Wildman–Crippen MR) is 49.6 cm³/mol. The van der Waals surface area contributed by atoms with E-state index in [0.29, 0.717) is 5.69 Å². The molecule has 0 atom stereocenters. The van der Waals surface area contributed by atoms with Crippen molar-refractivity contribution in [3.05, 3.63) is 27.7 Å². The van der Waals surface area contributed by atoms with E-state index in [0.717, 1.165) is 11.8 Å². The van der Waals surface area contributed by atoms with Crippen molar-refractivity contribution >= 4 is 9.84 Å². The molecule has 0 aliphatic rings. The lowest BCUT2D eigenvalue weighted by Gasteiger charge is -2.01. The SMILES string of the molecule is Cc1cc(S(C)(=O)=O)c(=O)[nH]c1C. The minimum Gasteiger partial charge on any atom is -0.325 e. The largest absolute Gasteiger partial charge is 0.325 e. The van der Waals surface area contributed by atoms with Crippen molar-refractivity contribution < 1.29 is 8.42 Å². The number of rotatable bonds is 1. The van der Waals surface area contributed by atoms with E-state index in [4.69, 9.17) is 0 Å². The number of hydrogen-bond donors (Lipinski definition) is 1. The Labute approximate surface area is 76.5 Å². The molecule has 13 heavy (non-hydrogen) atoms. The Hall–Kier alpha value is -1.10. The first-order valence-electron chi connectivity index (χ1n) is 3.73. The smallest absolute Gasteiger partial charge is 0.266 e. The highest BCUT2D eigenvalue weighted by molar-refractivity contribution is 7.90. The van der Waals surface area contributed by atoms with E-state index in [-0.39, 0.29) is 4.90 Å². The van der Waals surface area contributed by atoms with Gasteiger partial charge in [-0.05, 0) is 25.5 Å². The number of aromatic nitrogens is 1. The third-order valence-corrected chi connectivity index (χ3v) is 2.97. The molecule has 0 saturated carbocycles. The van der Waals surface area contributed by atoms with Gasteiger partial charge in [0.25, 0.3) is 5.56 Å². The Bertz CT molecular complexity index is 485. The van der Waals surface area contributed by atoms with Gasteiger partial charge in [-0.15, -0.1) is 0 Å². The maximum absolute atomic E-state index is 11.2. The van der Waals surface area contributed by atoms with Crippen molar-refractivity contribution in [3.8, 4) is 0 Å². The number of hydrogen-bond acceptors (Lipinski definition) is 3. The van der Waals surface area contributed by atoms with Gasteiger partial charge in [0, 0.05) is 11.9 Å². The van der Waals surface area contributed by atoms with Crippen molar-refractivity contribution in [3.63, 3.8) is 0 Å². The van der Waals surface area contributed by atoms with Crippen molar-refractivity contribution in [2.45, 2.75) is 18.7 Å². The van der Waals surface area contributed by atoms with Crippen LogP contribution in [0.15, 0.2) is 15.8 Å². The molecule has 5 heteroatoms. The summed E-state index contributed by atoms with van der Waals surface area (Å²) in [6, 6.07) is 1.39. The standard InChI is InChI=1S/C8H11NO3S/c1-5-4-7(13(3,11)12)8(10)9-6(5)2/h4H,1-3H3,(H,9,10). The van der Waals surface area contributed by atoms with Crippen LogP contribution in [0.5, 0.6) is 0 Å². The van der Waals surface area contributed by atoms with Gasteiger partial charge in [0.15, 0.2) is 9.84 Å². The second-order valence-electron chi connectivity index (χ2n) is 3.04. The molecule has 0 amide bonds. The molecule has 0 spiro atoms. The monoisotopic (exact) mass is 201 g/mol. The molecule has 1 heterocycles. The van der Waals surface area contributed by atoms with Crippen LogP contribution in [0, 0.1) is 13.8 Å². The van der Waals surface area contributed by atoms with E-state index in [1.807, 2.05) is 0 Å². The highest BCUT2D eigenvalue weighted by Crippen LogP contribution is 2.07. The molecule has 0 aliphatic carbocycles. The molecule has 1 N–H and O–H groups in total. The van der Waals surface area contributed by atoms with Crippen LogP contribution in [0.25, 0.3) is 0 Å². The van der Waals surface area contributed by atoms with Crippen LogP contribution in [0.1, 0.15) is 11.3 Å². The van der Waals surface area contributed by atoms with Gasteiger partial charge in [0.05, 0.1) is 0 Å². The summed E-state index contributed by atoms with van der Waals surface area (Å²) in [4.78, 5) is 13.5. The molecule has 1 aromatic heterocycles. The highest BCUT2D eigenvalue weighted by atomic mass is 32.2. The zero-order valence-electron chi connectivity index (χ0n) is 7.71. The fourth-order valence-corrected chi connectivity index (χ4v) is 1.75. The van der Waals surface area contributed by atoms with Gasteiger partial charge in [-0.1, -0.05) is 0 Å². The van der Waals surface area contributed by atoms with Gasteiger partial charge in [0.1, 0.15) is 4.90 Å². The van der Waals surface area contributed by atoms with Crippen LogP contribution in [0.3, 0.4) is 0 Å². The molecule has 72 valence electrons. The Morgan fingerprint density at radius 3 is 2.31 bits per heavy atom. The fraction of sp³-hybridized carbons (Fsp3) is 0.375. The van der Waals surface area contributed by atoms with Gasteiger partial charge in [-0.25, -0.2) is 8.42 Å². The van der Waals surface area contributed by atoms with Crippen LogP contribution in [-0.2, 0) is 9.84 Å². The number of nitrogens with one attached hydrogen (secondary N) is 1. The van der Waals surface area contributed by atoms with Gasteiger partial charge >= 0.3 is 0 Å². The summed E-state index contributed by atoms with van der Waals surface area (Å²) in [5.41, 5.74) is 0.906. The molecule has 1 aromatic rings. The zero-order chi connectivity index (χ0) is 10.2. The summed E-state index contributed by atoms with van der Waals surface area (Å²) >= 11 is 0. The summed E-state index contributed by atoms with van der Waals surface area (Å²) in [6.45, 7) is 3.47. The average Bonchev–Trinajstić information content (AvgIpc) is 1.94. The summed E-state index contributed by atoms with van der Waals surface area (Å²) in [5.74, 6) is 0. The minimum absolute atomic E-state index is 0.171. The van der Waals surface area contributed by atoms with Crippen LogP contribution in [-0.4, -0.2) is 19.7 Å². The summed E-state index contributed by atoms with van der Waals surface area (Å²) in [5, 5.41) is 0. The lowest BCUT2D eigenvalue weighted by Crippen LogP contribution is -2.18. The fourth-order valence-electron chi connectivity index (χ4n) is 0.976. The van der Waals surface area contributed by atoms with Gasteiger partial charge in [-0.3, -0.25) is 4.79 Å². The van der Waals surface area contributed by atoms with Crippen LogP contribution in [0.2, 0.25) is 0 Å². The van der Waals surface area contributed by atoms with Crippen LogP contribution >= 0.6 is 0 Å². The number of aromatic amines is 1. The molecule has 0 bridgehead atoms. The quantitative estimate of drug-likeness (QED) is 0.715. The molecule has 4 nitrogen and oxygen atoms in total. The molecule has 0 fully saturated rings. The number of sulfone groups is 1. The zero-order valence-corrected chi connectivity index (χ0v) is 8.53. The lowest BCUT2D eigenvalue weighted by molar-refractivity contribution is 0.600. The van der Waals surface area contributed by atoms with Crippen molar-refractivity contribution in [2.24, 2.45) is 0 Å². The van der Waals surface area contributed by atoms with E-state index in [1.165, 1.54) is 6.07 Å². The Kier molecular flexibility index (Phi) is 2.30. The number of H-pyrrole nitrogens is 1. The molecular formula is C8H11NO3S. The maximum atomic E-state index is 11.2. The summed E-state index contributed by atoms with van der Waals surface area (Å²) in [7, 11) is -3.42. The molecule has 0 aromatic carbocycles.